The van der Waals surface area contributed by atoms with E-state index in [1.54, 1.807) is 6.92 Å². The lowest BCUT2D eigenvalue weighted by molar-refractivity contribution is 0.343. The van der Waals surface area contributed by atoms with Crippen molar-refractivity contribution in [1.29, 1.82) is 0 Å². The van der Waals surface area contributed by atoms with E-state index in [2.05, 4.69) is 10.3 Å². The SMILES string of the molecule is COc1nc(C)cc(=O)n1CCNCCS(C)(=O)=O. The van der Waals surface area contributed by atoms with Crippen LogP contribution in [-0.4, -0.2) is 50.2 Å². The molecule has 1 N–H and O–H groups in total. The van der Waals surface area contributed by atoms with E-state index >= 15 is 0 Å². The molecule has 0 saturated carbocycles. The van der Waals surface area contributed by atoms with E-state index in [1.165, 1.54) is 24.0 Å². The van der Waals surface area contributed by atoms with Crippen LogP contribution in [0.2, 0.25) is 0 Å². The monoisotopic (exact) mass is 289 g/mol. The van der Waals surface area contributed by atoms with Crippen LogP contribution in [0.5, 0.6) is 6.01 Å². The molecule has 0 bridgehead atoms. The maximum Gasteiger partial charge on any atom is 0.299 e. The normalized spacial score (nSPS) is 11.5. The number of rotatable bonds is 7. The second kappa shape index (κ2) is 6.67. The van der Waals surface area contributed by atoms with E-state index in [1.807, 2.05) is 0 Å². The molecule has 0 aliphatic heterocycles. The number of ether oxygens (including phenoxy) is 1. The highest BCUT2D eigenvalue weighted by atomic mass is 32.2. The molecule has 108 valence electrons. The minimum Gasteiger partial charge on any atom is -0.468 e. The van der Waals surface area contributed by atoms with Gasteiger partial charge in [0.25, 0.3) is 11.6 Å². The van der Waals surface area contributed by atoms with Crippen LogP contribution in [-0.2, 0) is 16.4 Å². The molecule has 0 fully saturated rings. The van der Waals surface area contributed by atoms with E-state index in [0.717, 1.165) is 0 Å². The zero-order valence-electron chi connectivity index (χ0n) is 11.3. The first kappa shape index (κ1) is 15.6. The largest absolute Gasteiger partial charge is 0.468 e. The van der Waals surface area contributed by atoms with Gasteiger partial charge in [0.2, 0.25) is 0 Å². The number of hydrogen-bond donors (Lipinski definition) is 1. The number of methoxy groups -OCH3 is 1. The van der Waals surface area contributed by atoms with Crippen LogP contribution in [0.1, 0.15) is 5.69 Å². The summed E-state index contributed by atoms with van der Waals surface area (Å²) in [5.41, 5.74) is 0.414. The molecular formula is C11H19N3O4S. The molecule has 0 aliphatic carbocycles. The molecule has 1 heterocycles. The summed E-state index contributed by atoms with van der Waals surface area (Å²) >= 11 is 0. The molecule has 0 spiro atoms. The molecule has 1 rings (SSSR count). The summed E-state index contributed by atoms with van der Waals surface area (Å²) in [7, 11) is -1.51. The van der Waals surface area contributed by atoms with E-state index < -0.39 is 9.84 Å². The van der Waals surface area contributed by atoms with Crippen LogP contribution in [0.4, 0.5) is 0 Å². The van der Waals surface area contributed by atoms with Gasteiger partial charge in [-0.15, -0.1) is 0 Å². The number of aryl methyl sites for hydroxylation is 1. The Morgan fingerprint density at radius 1 is 1.42 bits per heavy atom. The topological polar surface area (TPSA) is 90.3 Å². The zero-order valence-corrected chi connectivity index (χ0v) is 12.2. The van der Waals surface area contributed by atoms with Crippen molar-refractivity contribution in [3.05, 3.63) is 22.1 Å². The summed E-state index contributed by atoms with van der Waals surface area (Å²) in [5.74, 6) is 0.0746. The Labute approximate surface area is 112 Å². The number of aromatic nitrogens is 2. The third-order valence-electron chi connectivity index (χ3n) is 2.45. The van der Waals surface area contributed by atoms with Gasteiger partial charge in [0, 0.05) is 37.7 Å². The Bertz CT molecular complexity index is 580. The van der Waals surface area contributed by atoms with Crippen molar-refractivity contribution in [3.63, 3.8) is 0 Å². The highest BCUT2D eigenvalue weighted by molar-refractivity contribution is 7.90. The lowest BCUT2D eigenvalue weighted by Crippen LogP contribution is -2.30. The molecule has 19 heavy (non-hydrogen) atoms. The number of hydrogen-bond acceptors (Lipinski definition) is 6. The van der Waals surface area contributed by atoms with Crippen molar-refractivity contribution in [3.8, 4) is 6.01 Å². The van der Waals surface area contributed by atoms with Crippen LogP contribution in [0.15, 0.2) is 10.9 Å². The smallest absolute Gasteiger partial charge is 0.299 e. The molecule has 0 radical (unpaired) electrons. The van der Waals surface area contributed by atoms with Crippen molar-refractivity contribution in [2.24, 2.45) is 0 Å². The van der Waals surface area contributed by atoms with Crippen LogP contribution >= 0.6 is 0 Å². The molecule has 0 atom stereocenters. The molecule has 1 aromatic heterocycles. The fraction of sp³-hybridized carbons (Fsp3) is 0.636. The molecule has 7 nitrogen and oxygen atoms in total. The number of sulfone groups is 1. The Hall–Kier alpha value is -1.41. The minimum absolute atomic E-state index is 0.0746. The number of nitrogens with zero attached hydrogens (tertiary/aromatic N) is 2. The molecule has 0 aliphatic rings. The van der Waals surface area contributed by atoms with Crippen molar-refractivity contribution in [2.75, 3.05) is 32.2 Å². The lowest BCUT2D eigenvalue weighted by Gasteiger charge is -2.11. The Morgan fingerprint density at radius 3 is 2.68 bits per heavy atom. The predicted octanol–water partition coefficient (Wildman–Crippen LogP) is -0.805. The third kappa shape index (κ3) is 5.39. The predicted molar refractivity (Wildman–Crippen MR) is 72.4 cm³/mol. The summed E-state index contributed by atoms with van der Waals surface area (Å²) in [6.45, 7) is 2.92. The Kier molecular flexibility index (Phi) is 5.49. The summed E-state index contributed by atoms with van der Waals surface area (Å²) in [4.78, 5) is 15.9. The van der Waals surface area contributed by atoms with Gasteiger partial charge in [-0.2, -0.15) is 0 Å². The van der Waals surface area contributed by atoms with Gasteiger partial charge in [0.05, 0.1) is 12.9 Å². The maximum absolute atomic E-state index is 11.8. The average molecular weight is 289 g/mol. The summed E-state index contributed by atoms with van der Waals surface area (Å²) in [6.07, 6.45) is 1.19. The Balaban J connectivity index is 2.56. The first-order valence-electron chi connectivity index (χ1n) is 5.84. The van der Waals surface area contributed by atoms with Crippen molar-refractivity contribution in [2.45, 2.75) is 13.5 Å². The number of nitrogens with one attached hydrogen (secondary N) is 1. The Morgan fingerprint density at radius 2 is 2.11 bits per heavy atom. The van der Waals surface area contributed by atoms with Gasteiger partial charge in [-0.05, 0) is 6.92 Å². The van der Waals surface area contributed by atoms with Crippen molar-refractivity contribution >= 4 is 9.84 Å². The van der Waals surface area contributed by atoms with E-state index in [9.17, 15) is 13.2 Å². The quantitative estimate of drug-likeness (QED) is 0.661. The van der Waals surface area contributed by atoms with Crippen LogP contribution in [0.25, 0.3) is 0 Å². The van der Waals surface area contributed by atoms with Gasteiger partial charge < -0.3 is 10.1 Å². The first-order chi connectivity index (χ1) is 8.83. The van der Waals surface area contributed by atoms with Crippen molar-refractivity contribution < 1.29 is 13.2 Å². The van der Waals surface area contributed by atoms with Gasteiger partial charge in [-0.1, -0.05) is 0 Å². The standard InChI is InChI=1S/C11H19N3O4S/c1-9-8-10(15)14(11(13-9)18-2)6-4-12-5-7-19(3,16)17/h8,12H,4-7H2,1-3H3. The molecular weight excluding hydrogens is 270 g/mol. The van der Waals surface area contributed by atoms with Gasteiger partial charge in [0.1, 0.15) is 9.84 Å². The fourth-order valence-electron chi connectivity index (χ4n) is 1.53. The highest BCUT2D eigenvalue weighted by Gasteiger charge is 2.07. The van der Waals surface area contributed by atoms with Gasteiger partial charge in [0.15, 0.2) is 0 Å². The minimum atomic E-state index is -2.96. The highest BCUT2D eigenvalue weighted by Crippen LogP contribution is 2.03. The zero-order chi connectivity index (χ0) is 14.5. The second-order valence-electron chi connectivity index (χ2n) is 4.25. The van der Waals surface area contributed by atoms with Gasteiger partial charge in [-0.3, -0.25) is 9.36 Å². The summed E-state index contributed by atoms with van der Waals surface area (Å²) in [5, 5.41) is 2.96. The van der Waals surface area contributed by atoms with Gasteiger partial charge in [-0.25, -0.2) is 13.4 Å². The lowest BCUT2D eigenvalue weighted by atomic mass is 10.4. The van der Waals surface area contributed by atoms with E-state index in [4.69, 9.17) is 4.74 Å². The van der Waals surface area contributed by atoms with Crippen molar-refractivity contribution in [1.82, 2.24) is 14.9 Å². The molecule has 0 amide bonds. The average Bonchev–Trinajstić information content (AvgIpc) is 2.29. The summed E-state index contributed by atoms with van der Waals surface area (Å²) in [6, 6.07) is 1.69. The molecule has 0 aromatic carbocycles. The van der Waals surface area contributed by atoms with E-state index in [-0.39, 0.29) is 17.3 Å². The van der Waals surface area contributed by atoms with Gasteiger partial charge >= 0.3 is 0 Å². The van der Waals surface area contributed by atoms with E-state index in [0.29, 0.717) is 25.3 Å². The van der Waals surface area contributed by atoms with Crippen LogP contribution in [0, 0.1) is 6.92 Å². The fourth-order valence-corrected chi connectivity index (χ4v) is 2.04. The third-order valence-corrected chi connectivity index (χ3v) is 3.39. The summed E-state index contributed by atoms with van der Waals surface area (Å²) < 4.78 is 28.3. The second-order valence-corrected chi connectivity index (χ2v) is 6.51. The van der Waals surface area contributed by atoms with Crippen LogP contribution in [0.3, 0.4) is 0 Å². The van der Waals surface area contributed by atoms with Crippen LogP contribution < -0.4 is 15.6 Å². The molecule has 8 heteroatoms. The first-order valence-corrected chi connectivity index (χ1v) is 7.90. The molecule has 0 unspecified atom stereocenters. The maximum atomic E-state index is 11.8. The molecule has 0 saturated heterocycles. The molecule has 1 aromatic rings.